The Morgan fingerprint density at radius 3 is 2.15 bits per heavy atom. The van der Waals surface area contributed by atoms with E-state index in [2.05, 4.69) is 4.99 Å². The predicted molar refractivity (Wildman–Crippen MR) is 131 cm³/mol. The van der Waals surface area contributed by atoms with E-state index in [-0.39, 0.29) is 5.76 Å². The Bertz CT molecular complexity index is 1170. The van der Waals surface area contributed by atoms with Crippen molar-refractivity contribution in [1.29, 1.82) is 0 Å². The summed E-state index contributed by atoms with van der Waals surface area (Å²) in [5.74, 6) is 1.65. The molecule has 0 aliphatic heterocycles. The molecule has 3 rings (SSSR count). The highest BCUT2D eigenvalue weighted by atomic mass is 16.5. The van der Waals surface area contributed by atoms with Crippen LogP contribution in [0.15, 0.2) is 77.8 Å². The Labute approximate surface area is 199 Å². The van der Waals surface area contributed by atoms with Gasteiger partial charge in [0.2, 0.25) is 0 Å². The van der Waals surface area contributed by atoms with Crippen LogP contribution >= 0.6 is 0 Å². The molecule has 0 atom stereocenters. The third-order valence-electron chi connectivity index (χ3n) is 4.88. The molecule has 0 amide bonds. The molecule has 0 N–H and O–H groups in total. The van der Waals surface area contributed by atoms with Gasteiger partial charge in [0.15, 0.2) is 23.0 Å². The van der Waals surface area contributed by atoms with E-state index in [1.807, 2.05) is 36.4 Å². The fourth-order valence-electron chi connectivity index (χ4n) is 3.14. The van der Waals surface area contributed by atoms with E-state index < -0.39 is 5.97 Å². The highest BCUT2D eigenvalue weighted by molar-refractivity contribution is 5.90. The second-order valence-corrected chi connectivity index (χ2v) is 7.07. The smallest absolute Gasteiger partial charge is 0.334 e. The summed E-state index contributed by atoms with van der Waals surface area (Å²) in [5.41, 5.74) is 2.52. The number of aliphatic imine (C=N–C) groups is 1. The maximum atomic E-state index is 12.1. The highest BCUT2D eigenvalue weighted by Crippen LogP contribution is 2.35. The Morgan fingerprint density at radius 1 is 0.794 bits per heavy atom. The molecule has 34 heavy (non-hydrogen) atoms. The fraction of sp³-hybridized carbons (Fsp3) is 0.185. The number of nitrogens with zero attached hydrogens (tertiary/aromatic N) is 1. The van der Waals surface area contributed by atoms with Crippen molar-refractivity contribution in [3.05, 3.63) is 89.5 Å². The van der Waals surface area contributed by atoms with Gasteiger partial charge in [0.25, 0.3) is 0 Å². The lowest BCUT2D eigenvalue weighted by molar-refractivity contribution is -0.134. The van der Waals surface area contributed by atoms with Gasteiger partial charge in [-0.2, -0.15) is 0 Å². The molecule has 0 heterocycles. The van der Waals surface area contributed by atoms with Crippen LogP contribution in [0.4, 0.5) is 0 Å². The number of carbonyl (C=O) groups is 1. The molecule has 0 aliphatic carbocycles. The Hall–Kier alpha value is -4.26. The van der Waals surface area contributed by atoms with Crippen molar-refractivity contribution < 1.29 is 28.5 Å². The second-order valence-electron chi connectivity index (χ2n) is 7.07. The Balaban J connectivity index is 1.93. The van der Waals surface area contributed by atoms with Crippen LogP contribution in [0.25, 0.3) is 5.76 Å². The Kier molecular flexibility index (Phi) is 8.68. The van der Waals surface area contributed by atoms with Gasteiger partial charge < -0.3 is 23.7 Å². The van der Waals surface area contributed by atoms with Gasteiger partial charge >= 0.3 is 5.97 Å². The quantitative estimate of drug-likeness (QED) is 0.185. The first kappa shape index (κ1) is 24.4. The normalized spacial score (nSPS) is 11.2. The lowest BCUT2D eigenvalue weighted by Crippen LogP contribution is -2.04. The molecule has 176 valence electrons. The zero-order chi connectivity index (χ0) is 24.3. The van der Waals surface area contributed by atoms with Crippen molar-refractivity contribution >= 4 is 17.9 Å². The molecule has 0 fully saturated rings. The Morgan fingerprint density at radius 2 is 1.47 bits per heavy atom. The topological polar surface area (TPSA) is 75.6 Å². The molecule has 0 spiro atoms. The number of esters is 1. The summed E-state index contributed by atoms with van der Waals surface area (Å²) in [7, 11) is 5.93. The summed E-state index contributed by atoms with van der Waals surface area (Å²) in [6, 6.07) is 20.6. The van der Waals surface area contributed by atoms with Crippen LogP contribution in [0.5, 0.6) is 23.0 Å². The largest absolute Gasteiger partial charge is 0.493 e. The van der Waals surface area contributed by atoms with Crippen molar-refractivity contribution in [2.45, 2.75) is 6.54 Å². The van der Waals surface area contributed by atoms with Gasteiger partial charge in [-0.25, -0.2) is 4.79 Å². The summed E-state index contributed by atoms with van der Waals surface area (Å²) in [5, 5.41) is 0. The third kappa shape index (κ3) is 6.38. The van der Waals surface area contributed by atoms with Crippen molar-refractivity contribution in [2.75, 3.05) is 28.4 Å². The molecule has 7 nitrogen and oxygen atoms in total. The van der Waals surface area contributed by atoms with Crippen molar-refractivity contribution in [1.82, 2.24) is 0 Å². The van der Waals surface area contributed by atoms with Crippen molar-refractivity contribution in [3.8, 4) is 23.0 Å². The molecule has 0 unspecified atom stereocenters. The predicted octanol–water partition coefficient (Wildman–Crippen LogP) is 4.92. The standard InChI is InChI=1S/C27H27NO6/c1-30-22-13-11-21(15-25(22)32-3)24(16-27(29)33-4)34-26-14-20(10-12-23(26)31-2)18-28-17-19-8-6-5-7-9-19/h5-16,18H,17H2,1-4H3/b24-16-,28-18?. The number of methoxy groups -OCH3 is 4. The van der Waals surface area contributed by atoms with E-state index >= 15 is 0 Å². The van der Waals surface area contributed by atoms with Gasteiger partial charge in [0.05, 0.1) is 41.1 Å². The van der Waals surface area contributed by atoms with Crippen LogP contribution in [0.2, 0.25) is 0 Å². The van der Waals surface area contributed by atoms with Crippen molar-refractivity contribution in [2.24, 2.45) is 4.99 Å². The molecule has 3 aromatic rings. The van der Waals surface area contributed by atoms with E-state index in [1.54, 1.807) is 50.8 Å². The maximum Gasteiger partial charge on any atom is 0.334 e. The van der Waals surface area contributed by atoms with Gasteiger partial charge in [-0.05, 0) is 47.5 Å². The number of hydrogen-bond donors (Lipinski definition) is 0. The number of benzene rings is 3. The molecule has 0 bridgehead atoms. The molecule has 0 aliphatic rings. The number of rotatable bonds is 10. The molecule has 0 radical (unpaired) electrons. The lowest BCUT2D eigenvalue weighted by atomic mass is 10.1. The van der Waals surface area contributed by atoms with Crippen LogP contribution in [0, 0.1) is 0 Å². The summed E-state index contributed by atoms with van der Waals surface area (Å²) in [6.45, 7) is 0.558. The van der Waals surface area contributed by atoms with Gasteiger partial charge in [-0.1, -0.05) is 30.3 Å². The van der Waals surface area contributed by atoms with Crippen LogP contribution in [0.3, 0.4) is 0 Å². The SMILES string of the molecule is COC(=O)/C=C(\Oc1cc(C=NCc2ccccc2)ccc1OC)c1ccc(OC)c(OC)c1. The maximum absolute atomic E-state index is 12.1. The van der Waals surface area contributed by atoms with E-state index in [1.165, 1.54) is 20.3 Å². The van der Waals surface area contributed by atoms with Crippen LogP contribution in [-0.4, -0.2) is 40.6 Å². The van der Waals surface area contributed by atoms with E-state index in [0.717, 1.165) is 11.1 Å². The van der Waals surface area contributed by atoms with Crippen LogP contribution in [-0.2, 0) is 16.1 Å². The zero-order valence-corrected chi connectivity index (χ0v) is 19.6. The summed E-state index contributed by atoms with van der Waals surface area (Å²) in [6.07, 6.45) is 3.02. The van der Waals surface area contributed by atoms with E-state index in [9.17, 15) is 4.79 Å². The first-order valence-electron chi connectivity index (χ1n) is 10.5. The van der Waals surface area contributed by atoms with Crippen molar-refractivity contribution in [3.63, 3.8) is 0 Å². The highest BCUT2D eigenvalue weighted by Gasteiger charge is 2.15. The van der Waals surface area contributed by atoms with E-state index in [0.29, 0.717) is 35.1 Å². The molecule has 0 saturated carbocycles. The minimum absolute atomic E-state index is 0.254. The monoisotopic (exact) mass is 461 g/mol. The lowest BCUT2D eigenvalue weighted by Gasteiger charge is -2.15. The molecule has 0 aromatic heterocycles. The molecule has 3 aromatic carbocycles. The van der Waals surface area contributed by atoms with Crippen LogP contribution in [0.1, 0.15) is 16.7 Å². The number of hydrogen-bond acceptors (Lipinski definition) is 7. The summed E-state index contributed by atoms with van der Waals surface area (Å²) in [4.78, 5) is 16.6. The molecular formula is C27H27NO6. The number of ether oxygens (including phenoxy) is 5. The molecule has 7 heteroatoms. The third-order valence-corrected chi connectivity index (χ3v) is 4.88. The van der Waals surface area contributed by atoms with Crippen LogP contribution < -0.4 is 18.9 Å². The fourth-order valence-corrected chi connectivity index (χ4v) is 3.14. The number of carbonyl (C=O) groups excluding carboxylic acids is 1. The zero-order valence-electron chi connectivity index (χ0n) is 19.6. The average Bonchev–Trinajstić information content (AvgIpc) is 2.88. The first-order valence-corrected chi connectivity index (χ1v) is 10.5. The molecule has 0 saturated heterocycles. The van der Waals surface area contributed by atoms with Gasteiger partial charge in [0, 0.05) is 11.8 Å². The molecular weight excluding hydrogens is 434 g/mol. The summed E-state index contributed by atoms with van der Waals surface area (Å²) >= 11 is 0. The minimum Gasteiger partial charge on any atom is -0.493 e. The van der Waals surface area contributed by atoms with Gasteiger partial charge in [0.1, 0.15) is 5.76 Å². The van der Waals surface area contributed by atoms with E-state index in [4.69, 9.17) is 23.7 Å². The average molecular weight is 462 g/mol. The summed E-state index contributed by atoms with van der Waals surface area (Å²) < 4.78 is 27.1. The van der Waals surface area contributed by atoms with Gasteiger partial charge in [-0.15, -0.1) is 0 Å². The second kappa shape index (κ2) is 12.1. The minimum atomic E-state index is -0.565. The van der Waals surface area contributed by atoms with Gasteiger partial charge in [-0.3, -0.25) is 4.99 Å². The first-order chi connectivity index (χ1) is 16.6.